The number of nitrogens with two attached hydrogens (primary N) is 1. The van der Waals surface area contributed by atoms with Crippen LogP contribution in [0.4, 0.5) is 14.4 Å². The number of ether oxygens (including phenoxy) is 1. The predicted molar refractivity (Wildman–Crippen MR) is 38.3 cm³/mol. The predicted octanol–water partition coefficient (Wildman–Crippen LogP) is -0.479. The quantitative estimate of drug-likeness (QED) is 0.499. The van der Waals surface area contributed by atoms with Crippen LogP contribution in [0, 0.1) is 0 Å². The van der Waals surface area contributed by atoms with E-state index < -0.39 is 18.2 Å². The van der Waals surface area contributed by atoms with Gasteiger partial charge in [0.05, 0.1) is 6.61 Å². The van der Waals surface area contributed by atoms with Crippen LogP contribution in [0.3, 0.4) is 0 Å². The highest BCUT2D eigenvalue weighted by atomic mass is 16.5. The molecule has 0 spiro atoms. The average molecular weight is 175 g/mol. The minimum absolute atomic E-state index is 0.135. The molecule has 0 rings (SSSR count). The standard InChI is InChI=1S/C5H9N3O4/c1-2-12-5(11)8-4(10)7-3(6)9/h2H2,1H3,(H4,6,7,8,9,10,11). The molecule has 0 bridgehead atoms. The second-order valence-corrected chi connectivity index (χ2v) is 1.66. The maximum absolute atomic E-state index is 10.5. The SMILES string of the molecule is CCOC(=O)NC(=O)NC(N)=O. The van der Waals surface area contributed by atoms with Gasteiger partial charge < -0.3 is 10.5 Å². The zero-order chi connectivity index (χ0) is 9.56. The van der Waals surface area contributed by atoms with E-state index in [-0.39, 0.29) is 6.61 Å². The highest BCUT2D eigenvalue weighted by Crippen LogP contribution is 1.75. The molecule has 0 unspecified atom stereocenters. The van der Waals surface area contributed by atoms with Crippen molar-refractivity contribution in [1.29, 1.82) is 0 Å². The lowest BCUT2D eigenvalue weighted by atomic mass is 10.8. The first kappa shape index (κ1) is 10.2. The fourth-order valence-corrected chi connectivity index (χ4v) is 0.403. The van der Waals surface area contributed by atoms with Crippen molar-refractivity contribution in [3.8, 4) is 0 Å². The number of hydrogen-bond donors (Lipinski definition) is 3. The summed E-state index contributed by atoms with van der Waals surface area (Å²) in [6.07, 6.45) is -0.934. The molecule has 0 radical (unpaired) electrons. The van der Waals surface area contributed by atoms with Crippen molar-refractivity contribution < 1.29 is 19.1 Å². The van der Waals surface area contributed by atoms with E-state index in [0.29, 0.717) is 0 Å². The van der Waals surface area contributed by atoms with Crippen LogP contribution in [0.15, 0.2) is 0 Å². The van der Waals surface area contributed by atoms with Crippen LogP contribution in [-0.4, -0.2) is 24.8 Å². The van der Waals surface area contributed by atoms with Gasteiger partial charge in [-0.2, -0.15) is 0 Å². The highest BCUT2D eigenvalue weighted by Gasteiger charge is 2.08. The van der Waals surface area contributed by atoms with Crippen LogP contribution in [0.2, 0.25) is 0 Å². The molecule has 68 valence electrons. The zero-order valence-electron chi connectivity index (χ0n) is 6.42. The van der Waals surface area contributed by atoms with E-state index in [4.69, 9.17) is 0 Å². The number of carbonyl (C=O) groups excluding carboxylic acids is 3. The molecule has 0 aliphatic carbocycles. The Labute approximate surface area is 68.2 Å². The van der Waals surface area contributed by atoms with Crippen LogP contribution in [0.5, 0.6) is 0 Å². The van der Waals surface area contributed by atoms with Gasteiger partial charge >= 0.3 is 18.2 Å². The van der Waals surface area contributed by atoms with Crippen molar-refractivity contribution in [1.82, 2.24) is 10.6 Å². The van der Waals surface area contributed by atoms with E-state index in [1.165, 1.54) is 0 Å². The summed E-state index contributed by atoms with van der Waals surface area (Å²) in [5.74, 6) is 0. The van der Waals surface area contributed by atoms with Crippen LogP contribution < -0.4 is 16.4 Å². The van der Waals surface area contributed by atoms with Crippen LogP contribution >= 0.6 is 0 Å². The summed E-state index contributed by atoms with van der Waals surface area (Å²) >= 11 is 0. The minimum Gasteiger partial charge on any atom is -0.450 e. The topological polar surface area (TPSA) is 111 Å². The van der Waals surface area contributed by atoms with Gasteiger partial charge in [0.1, 0.15) is 0 Å². The first-order valence-corrected chi connectivity index (χ1v) is 3.10. The number of hydrogen-bond acceptors (Lipinski definition) is 4. The van der Waals surface area contributed by atoms with Gasteiger partial charge in [0.15, 0.2) is 0 Å². The molecule has 0 saturated carbocycles. The molecule has 0 saturated heterocycles. The Morgan fingerprint density at radius 2 is 1.92 bits per heavy atom. The van der Waals surface area contributed by atoms with Gasteiger partial charge in [0.2, 0.25) is 0 Å². The van der Waals surface area contributed by atoms with Crippen LogP contribution in [0.1, 0.15) is 6.92 Å². The molecule has 4 N–H and O–H groups in total. The van der Waals surface area contributed by atoms with E-state index in [0.717, 1.165) is 0 Å². The third-order valence-corrected chi connectivity index (χ3v) is 0.728. The largest absolute Gasteiger partial charge is 0.450 e. The molecular formula is C5H9N3O4. The normalized spacial score (nSPS) is 8.42. The summed E-state index contributed by atoms with van der Waals surface area (Å²) < 4.78 is 4.33. The number of rotatable bonds is 1. The van der Waals surface area contributed by atoms with Crippen molar-refractivity contribution in [3.05, 3.63) is 0 Å². The van der Waals surface area contributed by atoms with E-state index in [9.17, 15) is 14.4 Å². The molecule has 0 aromatic rings. The fourth-order valence-electron chi connectivity index (χ4n) is 0.403. The average Bonchev–Trinajstić information content (AvgIpc) is 1.84. The van der Waals surface area contributed by atoms with Crippen molar-refractivity contribution in [3.63, 3.8) is 0 Å². The second kappa shape index (κ2) is 4.94. The number of alkyl carbamates (subject to hydrolysis) is 1. The molecule has 0 heterocycles. The third-order valence-electron chi connectivity index (χ3n) is 0.728. The summed E-state index contributed by atoms with van der Waals surface area (Å²) in [4.78, 5) is 31.1. The van der Waals surface area contributed by atoms with Gasteiger partial charge in [-0.15, -0.1) is 0 Å². The number of imide groups is 2. The molecule has 5 amide bonds. The first-order valence-electron chi connectivity index (χ1n) is 3.10. The Hall–Kier alpha value is -1.79. The molecular weight excluding hydrogens is 166 g/mol. The second-order valence-electron chi connectivity index (χ2n) is 1.66. The Morgan fingerprint density at radius 3 is 2.33 bits per heavy atom. The minimum atomic E-state index is -1.04. The maximum Gasteiger partial charge on any atom is 0.415 e. The summed E-state index contributed by atoms with van der Waals surface area (Å²) in [5, 5.41) is 3.32. The van der Waals surface area contributed by atoms with Crippen molar-refractivity contribution in [2.75, 3.05) is 6.61 Å². The fraction of sp³-hybridized carbons (Fsp3) is 0.400. The van der Waals surface area contributed by atoms with Gasteiger partial charge in [0, 0.05) is 0 Å². The van der Waals surface area contributed by atoms with E-state index in [2.05, 4.69) is 10.5 Å². The molecule has 0 aromatic carbocycles. The number of nitrogens with one attached hydrogen (secondary N) is 2. The lowest BCUT2D eigenvalue weighted by Crippen LogP contribution is -2.44. The Kier molecular flexibility index (Phi) is 4.20. The number of carbonyl (C=O) groups is 3. The summed E-state index contributed by atoms with van der Waals surface area (Å²) in [5.41, 5.74) is 4.58. The van der Waals surface area contributed by atoms with Gasteiger partial charge in [-0.1, -0.05) is 0 Å². The molecule has 0 aliphatic heterocycles. The van der Waals surface area contributed by atoms with Gasteiger partial charge in [-0.05, 0) is 6.92 Å². The monoisotopic (exact) mass is 175 g/mol. The molecule has 0 aliphatic rings. The molecule has 7 nitrogen and oxygen atoms in total. The lowest BCUT2D eigenvalue weighted by Gasteiger charge is -2.02. The summed E-state index contributed by atoms with van der Waals surface area (Å²) in [7, 11) is 0. The van der Waals surface area contributed by atoms with Gasteiger partial charge in [-0.3, -0.25) is 5.32 Å². The van der Waals surface area contributed by atoms with E-state index in [1.807, 2.05) is 0 Å². The molecule has 7 heteroatoms. The lowest BCUT2D eigenvalue weighted by molar-refractivity contribution is 0.153. The van der Waals surface area contributed by atoms with Crippen LogP contribution in [0.25, 0.3) is 0 Å². The maximum atomic E-state index is 10.5. The van der Waals surface area contributed by atoms with E-state index >= 15 is 0 Å². The highest BCUT2D eigenvalue weighted by molar-refractivity contribution is 5.99. The van der Waals surface area contributed by atoms with E-state index in [1.54, 1.807) is 17.6 Å². The Balaban J connectivity index is 3.69. The zero-order valence-corrected chi connectivity index (χ0v) is 6.42. The molecule has 0 aromatic heterocycles. The van der Waals surface area contributed by atoms with Crippen molar-refractivity contribution >= 4 is 18.2 Å². The Morgan fingerprint density at radius 1 is 1.33 bits per heavy atom. The molecule has 12 heavy (non-hydrogen) atoms. The number of primary amides is 1. The van der Waals surface area contributed by atoms with Crippen LogP contribution in [-0.2, 0) is 4.74 Å². The molecule has 0 atom stereocenters. The smallest absolute Gasteiger partial charge is 0.415 e. The molecule has 0 fully saturated rings. The van der Waals surface area contributed by atoms with Gasteiger partial charge in [0.25, 0.3) is 0 Å². The number of urea groups is 2. The Bertz CT molecular complexity index is 203. The van der Waals surface area contributed by atoms with Crippen molar-refractivity contribution in [2.45, 2.75) is 6.92 Å². The summed E-state index contributed by atoms with van der Waals surface area (Å²) in [6.45, 7) is 1.71. The first-order chi connectivity index (χ1) is 5.56. The number of amides is 5. The summed E-state index contributed by atoms with van der Waals surface area (Å²) in [6, 6.07) is -2.06. The van der Waals surface area contributed by atoms with Crippen molar-refractivity contribution in [2.24, 2.45) is 5.73 Å². The third kappa shape index (κ3) is 5.03. The van der Waals surface area contributed by atoms with Gasteiger partial charge in [-0.25, -0.2) is 19.7 Å².